The van der Waals surface area contributed by atoms with Gasteiger partial charge in [-0.1, -0.05) is 19.9 Å². The summed E-state index contributed by atoms with van der Waals surface area (Å²) in [6.07, 6.45) is 2.62. The average molecular weight is 256 g/mol. The zero-order valence-electron chi connectivity index (χ0n) is 11.8. The molecule has 0 aromatic rings. The summed E-state index contributed by atoms with van der Waals surface area (Å²) < 4.78 is 10.1. The van der Waals surface area contributed by atoms with Crippen molar-refractivity contribution in [2.75, 3.05) is 13.2 Å². The number of rotatable bonds is 8. The molecule has 0 saturated heterocycles. The third-order valence-electron chi connectivity index (χ3n) is 3.01. The molecule has 0 spiro atoms. The van der Waals surface area contributed by atoms with Crippen molar-refractivity contribution in [3.63, 3.8) is 0 Å². The van der Waals surface area contributed by atoms with E-state index < -0.39 is 17.4 Å². The second kappa shape index (κ2) is 7.90. The van der Waals surface area contributed by atoms with Crippen molar-refractivity contribution in [2.24, 2.45) is 11.3 Å². The average Bonchev–Trinajstić information content (AvgIpc) is 2.30. The first-order chi connectivity index (χ1) is 8.47. The number of ether oxygens (including phenoxy) is 2. The van der Waals surface area contributed by atoms with E-state index in [2.05, 4.69) is 6.58 Å². The van der Waals surface area contributed by atoms with Crippen LogP contribution in [0.25, 0.3) is 0 Å². The van der Waals surface area contributed by atoms with Gasteiger partial charge in [-0.15, -0.1) is 6.58 Å². The van der Waals surface area contributed by atoms with Crippen molar-refractivity contribution >= 4 is 11.9 Å². The number of allylic oxidation sites excluding steroid dienone is 1. The number of carbonyl (C=O) groups is 2. The molecule has 4 nitrogen and oxygen atoms in total. The maximum Gasteiger partial charge on any atom is 0.323 e. The standard InChI is InChI=1S/C14H24O4/c1-6-9-10-14(11(4)5,12(15)17-7-2)13(16)18-8-3/h6,11H,1,7-10H2,2-5H3. The molecule has 0 aliphatic heterocycles. The lowest BCUT2D eigenvalue weighted by Crippen LogP contribution is -2.46. The molecule has 0 amide bonds. The van der Waals surface area contributed by atoms with Crippen molar-refractivity contribution in [1.29, 1.82) is 0 Å². The summed E-state index contributed by atoms with van der Waals surface area (Å²) in [5.41, 5.74) is -1.22. The van der Waals surface area contributed by atoms with Gasteiger partial charge in [0.2, 0.25) is 0 Å². The van der Waals surface area contributed by atoms with Gasteiger partial charge in [0, 0.05) is 0 Å². The van der Waals surface area contributed by atoms with Crippen LogP contribution in [-0.2, 0) is 19.1 Å². The molecular formula is C14H24O4. The van der Waals surface area contributed by atoms with E-state index >= 15 is 0 Å². The highest BCUT2D eigenvalue weighted by atomic mass is 16.6. The van der Waals surface area contributed by atoms with Crippen LogP contribution in [0.5, 0.6) is 0 Å². The molecule has 0 bridgehead atoms. The fraction of sp³-hybridized carbons (Fsp3) is 0.714. The molecule has 0 aliphatic carbocycles. The number of hydrogen-bond donors (Lipinski definition) is 0. The van der Waals surface area contributed by atoms with Crippen molar-refractivity contribution in [3.8, 4) is 0 Å². The van der Waals surface area contributed by atoms with Crippen molar-refractivity contribution in [3.05, 3.63) is 12.7 Å². The normalized spacial score (nSPS) is 11.2. The van der Waals surface area contributed by atoms with Crippen LogP contribution in [0, 0.1) is 11.3 Å². The summed E-state index contributed by atoms with van der Waals surface area (Å²) >= 11 is 0. The van der Waals surface area contributed by atoms with Gasteiger partial charge in [0.25, 0.3) is 0 Å². The maximum atomic E-state index is 12.2. The van der Waals surface area contributed by atoms with E-state index in [0.717, 1.165) is 0 Å². The lowest BCUT2D eigenvalue weighted by Gasteiger charge is -2.32. The van der Waals surface area contributed by atoms with Crippen molar-refractivity contribution < 1.29 is 19.1 Å². The fourth-order valence-electron chi connectivity index (χ4n) is 1.90. The van der Waals surface area contributed by atoms with Crippen LogP contribution in [0.1, 0.15) is 40.5 Å². The summed E-state index contributed by atoms with van der Waals surface area (Å²) in [7, 11) is 0. The first-order valence-electron chi connectivity index (χ1n) is 6.42. The number of hydrogen-bond acceptors (Lipinski definition) is 4. The zero-order valence-corrected chi connectivity index (χ0v) is 11.8. The number of esters is 2. The van der Waals surface area contributed by atoms with Crippen LogP contribution in [0.2, 0.25) is 0 Å². The Hall–Kier alpha value is -1.32. The van der Waals surface area contributed by atoms with Crippen LogP contribution in [-0.4, -0.2) is 25.2 Å². The van der Waals surface area contributed by atoms with Crippen LogP contribution < -0.4 is 0 Å². The van der Waals surface area contributed by atoms with Gasteiger partial charge in [0.1, 0.15) is 0 Å². The predicted molar refractivity (Wildman–Crippen MR) is 70.0 cm³/mol. The molecule has 0 rings (SSSR count). The van der Waals surface area contributed by atoms with Gasteiger partial charge in [-0.3, -0.25) is 9.59 Å². The van der Waals surface area contributed by atoms with Gasteiger partial charge in [0.15, 0.2) is 5.41 Å². The molecular weight excluding hydrogens is 232 g/mol. The molecule has 0 aromatic heterocycles. The van der Waals surface area contributed by atoms with Crippen LogP contribution in [0.3, 0.4) is 0 Å². The third-order valence-corrected chi connectivity index (χ3v) is 3.01. The van der Waals surface area contributed by atoms with Gasteiger partial charge < -0.3 is 9.47 Å². The second-order valence-electron chi connectivity index (χ2n) is 4.39. The Morgan fingerprint density at radius 1 is 1.17 bits per heavy atom. The summed E-state index contributed by atoms with van der Waals surface area (Å²) in [5.74, 6) is -1.18. The first-order valence-corrected chi connectivity index (χ1v) is 6.42. The van der Waals surface area contributed by atoms with E-state index in [1.807, 2.05) is 13.8 Å². The molecule has 0 fully saturated rings. The van der Waals surface area contributed by atoms with Crippen LogP contribution in [0.4, 0.5) is 0 Å². The minimum atomic E-state index is -1.22. The molecule has 4 heteroatoms. The molecule has 0 N–H and O–H groups in total. The Balaban J connectivity index is 5.33. The van der Waals surface area contributed by atoms with Crippen LogP contribution >= 0.6 is 0 Å². The second-order valence-corrected chi connectivity index (χ2v) is 4.39. The highest BCUT2D eigenvalue weighted by molar-refractivity contribution is 6.00. The molecule has 0 unspecified atom stereocenters. The first kappa shape index (κ1) is 16.7. The van der Waals surface area contributed by atoms with E-state index in [-0.39, 0.29) is 19.1 Å². The van der Waals surface area contributed by atoms with Gasteiger partial charge >= 0.3 is 11.9 Å². The monoisotopic (exact) mass is 256 g/mol. The Labute approximate surface area is 109 Å². The van der Waals surface area contributed by atoms with E-state index in [4.69, 9.17) is 9.47 Å². The van der Waals surface area contributed by atoms with E-state index in [1.165, 1.54) is 0 Å². The molecule has 18 heavy (non-hydrogen) atoms. The molecule has 0 atom stereocenters. The maximum absolute atomic E-state index is 12.2. The summed E-state index contributed by atoms with van der Waals surface area (Å²) in [5, 5.41) is 0. The molecule has 0 aromatic carbocycles. The van der Waals surface area contributed by atoms with Gasteiger partial charge in [-0.25, -0.2) is 0 Å². The molecule has 0 aliphatic rings. The Morgan fingerprint density at radius 3 is 1.89 bits per heavy atom. The SMILES string of the molecule is C=CCCC(C(=O)OCC)(C(=O)OCC)C(C)C. The Bertz CT molecular complexity index is 276. The largest absolute Gasteiger partial charge is 0.465 e. The topological polar surface area (TPSA) is 52.6 Å². The van der Waals surface area contributed by atoms with Crippen molar-refractivity contribution in [2.45, 2.75) is 40.5 Å². The van der Waals surface area contributed by atoms with Gasteiger partial charge in [-0.05, 0) is 32.6 Å². The molecule has 0 saturated carbocycles. The highest BCUT2D eigenvalue weighted by Gasteiger charge is 2.50. The summed E-state index contributed by atoms with van der Waals surface area (Å²) in [6, 6.07) is 0. The van der Waals surface area contributed by atoms with Gasteiger partial charge in [0.05, 0.1) is 13.2 Å². The quantitative estimate of drug-likeness (QED) is 0.380. The number of carbonyl (C=O) groups excluding carboxylic acids is 2. The zero-order chi connectivity index (χ0) is 14.2. The van der Waals surface area contributed by atoms with Crippen LogP contribution in [0.15, 0.2) is 12.7 Å². The summed E-state index contributed by atoms with van der Waals surface area (Å²) in [4.78, 5) is 24.3. The Morgan fingerprint density at radius 2 is 1.61 bits per heavy atom. The minimum Gasteiger partial charge on any atom is -0.465 e. The Kier molecular flexibility index (Phi) is 7.32. The van der Waals surface area contributed by atoms with E-state index in [1.54, 1.807) is 19.9 Å². The molecule has 0 heterocycles. The van der Waals surface area contributed by atoms with E-state index in [9.17, 15) is 9.59 Å². The van der Waals surface area contributed by atoms with Crippen molar-refractivity contribution in [1.82, 2.24) is 0 Å². The third kappa shape index (κ3) is 3.59. The molecule has 104 valence electrons. The summed E-state index contributed by atoms with van der Waals surface area (Å²) in [6.45, 7) is 11.2. The van der Waals surface area contributed by atoms with Gasteiger partial charge in [-0.2, -0.15) is 0 Å². The lowest BCUT2D eigenvalue weighted by molar-refractivity contribution is -0.176. The fourth-order valence-corrected chi connectivity index (χ4v) is 1.90. The smallest absolute Gasteiger partial charge is 0.323 e. The van der Waals surface area contributed by atoms with E-state index in [0.29, 0.717) is 12.8 Å². The predicted octanol–water partition coefficient (Wildman–Crippen LogP) is 2.72. The minimum absolute atomic E-state index is 0.185. The lowest BCUT2D eigenvalue weighted by atomic mass is 9.73. The molecule has 0 radical (unpaired) electrons. The highest BCUT2D eigenvalue weighted by Crippen LogP contribution is 2.36.